The smallest absolute Gasteiger partial charge is 0.263 e. The van der Waals surface area contributed by atoms with Crippen molar-refractivity contribution in [2.24, 2.45) is 0 Å². The minimum atomic E-state index is -2.48. The molecule has 78 valence electrons. The summed E-state index contributed by atoms with van der Waals surface area (Å²) < 4.78 is 24.6. The highest BCUT2D eigenvalue weighted by atomic mass is 35.5. The lowest BCUT2D eigenvalue weighted by Gasteiger charge is -2.07. The summed E-state index contributed by atoms with van der Waals surface area (Å²) in [5.74, 6) is 0. The topological polar surface area (TPSA) is 21.3 Å². The summed E-state index contributed by atoms with van der Waals surface area (Å²) in [6, 6.07) is 4.12. The Morgan fingerprint density at radius 1 is 1.50 bits per heavy atom. The van der Waals surface area contributed by atoms with Crippen LogP contribution in [-0.4, -0.2) is 7.11 Å². The summed E-state index contributed by atoms with van der Waals surface area (Å²) in [6.45, 7) is 0.301. The normalized spacial score (nSPS) is 10.9. The maximum atomic E-state index is 12.3. The van der Waals surface area contributed by atoms with Gasteiger partial charge in [-0.15, -0.1) is 0 Å². The molecule has 0 aliphatic rings. The number of alkyl halides is 2. The van der Waals surface area contributed by atoms with Crippen molar-refractivity contribution in [3.63, 3.8) is 0 Å². The second-order valence-corrected chi connectivity index (χ2v) is 3.08. The molecular formula is C9H10ClF2NO. The van der Waals surface area contributed by atoms with E-state index < -0.39 is 6.43 Å². The van der Waals surface area contributed by atoms with E-state index in [4.69, 9.17) is 11.6 Å². The molecule has 5 heteroatoms. The van der Waals surface area contributed by atoms with Crippen LogP contribution in [0.5, 0.6) is 0 Å². The van der Waals surface area contributed by atoms with Gasteiger partial charge in [0, 0.05) is 17.1 Å². The summed E-state index contributed by atoms with van der Waals surface area (Å²) >= 11 is 5.80. The van der Waals surface area contributed by atoms with Crippen LogP contribution in [0.15, 0.2) is 18.2 Å². The molecule has 0 saturated carbocycles. The van der Waals surface area contributed by atoms with Gasteiger partial charge in [0.25, 0.3) is 6.43 Å². The van der Waals surface area contributed by atoms with E-state index >= 15 is 0 Å². The van der Waals surface area contributed by atoms with Gasteiger partial charge in [0.15, 0.2) is 0 Å². The quantitative estimate of drug-likeness (QED) is 0.790. The van der Waals surface area contributed by atoms with Crippen LogP contribution in [0.2, 0.25) is 5.02 Å². The highest BCUT2D eigenvalue weighted by molar-refractivity contribution is 6.31. The highest BCUT2D eigenvalue weighted by Gasteiger charge is 2.09. The minimum absolute atomic E-state index is 0.0395. The number of rotatable bonds is 4. The summed E-state index contributed by atoms with van der Waals surface area (Å²) in [5.41, 5.74) is 3.09. The number of halogens is 3. The minimum Gasteiger partial charge on any atom is -0.305 e. The maximum Gasteiger partial charge on any atom is 0.263 e. The van der Waals surface area contributed by atoms with Crippen molar-refractivity contribution in [3.8, 4) is 0 Å². The number of hydrogen-bond acceptors (Lipinski definition) is 2. The van der Waals surface area contributed by atoms with Gasteiger partial charge in [-0.05, 0) is 17.7 Å². The Balaban J connectivity index is 2.85. The molecule has 0 fully saturated rings. The molecule has 0 bridgehead atoms. The number of hydroxylamine groups is 1. The molecule has 1 rings (SSSR count). The number of nitrogens with one attached hydrogen (secondary N) is 1. The lowest BCUT2D eigenvalue weighted by Crippen LogP contribution is -2.11. The Labute approximate surface area is 85.8 Å². The average molecular weight is 222 g/mol. The van der Waals surface area contributed by atoms with Gasteiger partial charge in [-0.1, -0.05) is 17.7 Å². The van der Waals surface area contributed by atoms with Crippen LogP contribution in [0.4, 0.5) is 8.78 Å². The fraction of sp³-hybridized carbons (Fsp3) is 0.333. The molecule has 0 atom stereocenters. The first kappa shape index (κ1) is 11.4. The Hall–Kier alpha value is -0.710. The van der Waals surface area contributed by atoms with E-state index in [1.165, 1.54) is 25.3 Å². The Morgan fingerprint density at radius 2 is 2.21 bits per heavy atom. The first-order chi connectivity index (χ1) is 6.65. The van der Waals surface area contributed by atoms with E-state index in [1.807, 2.05) is 0 Å². The predicted molar refractivity (Wildman–Crippen MR) is 50.3 cm³/mol. The molecule has 1 aromatic rings. The molecule has 0 unspecified atom stereocenters. The van der Waals surface area contributed by atoms with Gasteiger partial charge in [0.1, 0.15) is 0 Å². The SMILES string of the molecule is CONCc1cc(C(F)F)ccc1Cl. The summed E-state index contributed by atoms with van der Waals surface area (Å²) in [7, 11) is 1.45. The molecule has 14 heavy (non-hydrogen) atoms. The zero-order valence-electron chi connectivity index (χ0n) is 7.56. The Bertz CT molecular complexity index is 307. The van der Waals surface area contributed by atoms with Crippen molar-refractivity contribution in [3.05, 3.63) is 34.3 Å². The lowest BCUT2D eigenvalue weighted by molar-refractivity contribution is 0.0866. The van der Waals surface area contributed by atoms with Crippen molar-refractivity contribution in [1.82, 2.24) is 5.48 Å². The van der Waals surface area contributed by atoms with Crippen molar-refractivity contribution < 1.29 is 13.6 Å². The molecule has 0 amide bonds. The fourth-order valence-corrected chi connectivity index (χ4v) is 1.20. The molecule has 0 aliphatic heterocycles. The number of hydrogen-bond donors (Lipinski definition) is 1. The summed E-state index contributed by atoms with van der Waals surface area (Å²) in [6.07, 6.45) is -2.48. The van der Waals surface area contributed by atoms with Crippen LogP contribution in [0.3, 0.4) is 0 Å². The predicted octanol–water partition coefficient (Wildman–Crippen LogP) is 2.93. The zero-order valence-corrected chi connectivity index (χ0v) is 8.31. The zero-order chi connectivity index (χ0) is 10.6. The van der Waals surface area contributed by atoms with E-state index in [1.54, 1.807) is 0 Å². The van der Waals surface area contributed by atoms with E-state index in [0.717, 1.165) is 0 Å². The van der Waals surface area contributed by atoms with Crippen LogP contribution < -0.4 is 5.48 Å². The van der Waals surface area contributed by atoms with E-state index in [2.05, 4.69) is 10.3 Å². The van der Waals surface area contributed by atoms with E-state index in [9.17, 15) is 8.78 Å². The molecule has 1 N–H and O–H groups in total. The van der Waals surface area contributed by atoms with Gasteiger partial charge in [0.05, 0.1) is 7.11 Å². The average Bonchev–Trinajstić information content (AvgIpc) is 2.16. The van der Waals surface area contributed by atoms with Gasteiger partial charge in [-0.3, -0.25) is 0 Å². The third kappa shape index (κ3) is 2.90. The Kier molecular flexibility index (Phi) is 4.25. The van der Waals surface area contributed by atoms with Gasteiger partial charge in [-0.2, -0.15) is 5.48 Å². The standard InChI is InChI=1S/C9H10ClF2NO/c1-14-13-5-7-4-6(9(11)12)2-3-8(7)10/h2-4,9,13H,5H2,1H3. The third-order valence-electron chi connectivity index (χ3n) is 1.73. The maximum absolute atomic E-state index is 12.3. The first-order valence-electron chi connectivity index (χ1n) is 3.97. The van der Waals surface area contributed by atoms with Crippen LogP contribution in [-0.2, 0) is 11.4 Å². The fourth-order valence-electron chi connectivity index (χ4n) is 1.02. The van der Waals surface area contributed by atoms with Crippen LogP contribution in [0.1, 0.15) is 17.6 Å². The summed E-state index contributed by atoms with van der Waals surface area (Å²) in [5, 5.41) is 0.443. The highest BCUT2D eigenvalue weighted by Crippen LogP contribution is 2.24. The van der Waals surface area contributed by atoms with Crippen molar-refractivity contribution in [2.75, 3.05) is 7.11 Å². The lowest BCUT2D eigenvalue weighted by atomic mass is 10.1. The van der Waals surface area contributed by atoms with Gasteiger partial charge < -0.3 is 4.84 Å². The second-order valence-electron chi connectivity index (χ2n) is 2.68. The largest absolute Gasteiger partial charge is 0.305 e. The van der Waals surface area contributed by atoms with Crippen LogP contribution in [0.25, 0.3) is 0 Å². The molecule has 0 aromatic heterocycles. The molecule has 0 heterocycles. The second kappa shape index (κ2) is 5.24. The number of benzene rings is 1. The van der Waals surface area contributed by atoms with Crippen LogP contribution >= 0.6 is 11.6 Å². The van der Waals surface area contributed by atoms with Crippen molar-refractivity contribution in [1.29, 1.82) is 0 Å². The molecule has 0 radical (unpaired) electrons. The van der Waals surface area contributed by atoms with Crippen molar-refractivity contribution >= 4 is 11.6 Å². The Morgan fingerprint density at radius 3 is 2.79 bits per heavy atom. The summed E-state index contributed by atoms with van der Waals surface area (Å²) in [4.78, 5) is 4.60. The van der Waals surface area contributed by atoms with Gasteiger partial charge >= 0.3 is 0 Å². The van der Waals surface area contributed by atoms with E-state index in [-0.39, 0.29) is 5.56 Å². The van der Waals surface area contributed by atoms with Crippen molar-refractivity contribution in [2.45, 2.75) is 13.0 Å². The molecule has 0 spiro atoms. The molecule has 1 aromatic carbocycles. The van der Waals surface area contributed by atoms with Gasteiger partial charge in [0.2, 0.25) is 0 Å². The first-order valence-corrected chi connectivity index (χ1v) is 4.35. The molecule has 0 saturated heterocycles. The molecule has 2 nitrogen and oxygen atoms in total. The molecular weight excluding hydrogens is 212 g/mol. The van der Waals surface area contributed by atoms with Crippen LogP contribution in [0, 0.1) is 0 Å². The van der Waals surface area contributed by atoms with E-state index in [0.29, 0.717) is 17.1 Å². The van der Waals surface area contributed by atoms with Gasteiger partial charge in [-0.25, -0.2) is 8.78 Å². The molecule has 0 aliphatic carbocycles. The monoisotopic (exact) mass is 221 g/mol. The third-order valence-corrected chi connectivity index (χ3v) is 2.10.